The summed E-state index contributed by atoms with van der Waals surface area (Å²) in [4.78, 5) is 31.5. The third-order valence-electron chi connectivity index (χ3n) is 4.99. The van der Waals surface area contributed by atoms with Gasteiger partial charge in [0.2, 0.25) is 5.91 Å². The lowest BCUT2D eigenvalue weighted by atomic mass is 9.84. The number of fused-ring (bicyclic) bond motifs is 1. The summed E-state index contributed by atoms with van der Waals surface area (Å²) in [5.74, 6) is -0.0971. The van der Waals surface area contributed by atoms with Crippen LogP contribution in [0.25, 0.3) is 0 Å². The first-order chi connectivity index (χ1) is 12.2. The summed E-state index contributed by atoms with van der Waals surface area (Å²) >= 11 is 1.39. The van der Waals surface area contributed by atoms with Crippen molar-refractivity contribution in [1.29, 1.82) is 0 Å². The number of benzene rings is 1. The smallest absolute Gasteiger partial charge is 0.254 e. The zero-order chi connectivity index (χ0) is 17.3. The van der Waals surface area contributed by atoms with Gasteiger partial charge in [-0.3, -0.25) is 9.59 Å². The first-order valence-electron chi connectivity index (χ1n) is 8.35. The highest BCUT2D eigenvalue weighted by Crippen LogP contribution is 2.38. The van der Waals surface area contributed by atoms with Crippen LogP contribution in [-0.2, 0) is 16.1 Å². The number of nitrogens with one attached hydrogen (secondary N) is 1. The Labute approximate surface area is 149 Å². The second-order valence-electron chi connectivity index (χ2n) is 6.45. The van der Waals surface area contributed by atoms with Gasteiger partial charge in [-0.05, 0) is 24.5 Å². The van der Waals surface area contributed by atoms with Gasteiger partial charge < -0.3 is 15.0 Å². The van der Waals surface area contributed by atoms with Crippen LogP contribution in [0.4, 0.5) is 5.13 Å². The molecule has 0 spiro atoms. The van der Waals surface area contributed by atoms with Crippen LogP contribution in [0.1, 0.15) is 35.2 Å². The summed E-state index contributed by atoms with van der Waals surface area (Å²) in [6.45, 7) is 1.68. The fourth-order valence-corrected chi connectivity index (χ4v) is 4.22. The summed E-state index contributed by atoms with van der Waals surface area (Å²) in [6.07, 6.45) is 3.25. The van der Waals surface area contributed by atoms with E-state index in [0.717, 1.165) is 11.1 Å². The molecule has 1 aromatic carbocycles. The summed E-state index contributed by atoms with van der Waals surface area (Å²) < 4.78 is 5.50. The Morgan fingerprint density at radius 3 is 2.84 bits per heavy atom. The van der Waals surface area contributed by atoms with Gasteiger partial charge in [0.25, 0.3) is 5.91 Å². The predicted octanol–water partition coefficient (Wildman–Crippen LogP) is 2.68. The zero-order valence-corrected chi connectivity index (χ0v) is 14.6. The summed E-state index contributed by atoms with van der Waals surface area (Å²) in [6, 6.07) is 7.67. The number of rotatable bonds is 4. The molecule has 1 saturated heterocycles. The third-order valence-corrected chi connectivity index (χ3v) is 5.67. The minimum atomic E-state index is -0.504. The van der Waals surface area contributed by atoms with E-state index in [1.54, 1.807) is 6.20 Å². The molecule has 0 atom stereocenters. The highest BCUT2D eigenvalue weighted by Gasteiger charge is 2.46. The predicted molar refractivity (Wildman–Crippen MR) is 94.5 cm³/mol. The van der Waals surface area contributed by atoms with Crippen molar-refractivity contribution in [1.82, 2.24) is 9.88 Å². The molecule has 1 aromatic heterocycles. The van der Waals surface area contributed by atoms with Crippen molar-refractivity contribution < 1.29 is 14.3 Å². The van der Waals surface area contributed by atoms with Crippen LogP contribution in [0.5, 0.6) is 0 Å². The minimum absolute atomic E-state index is 0.0135. The van der Waals surface area contributed by atoms with Gasteiger partial charge in [-0.2, -0.15) is 0 Å². The van der Waals surface area contributed by atoms with Crippen molar-refractivity contribution in [2.45, 2.75) is 31.3 Å². The Hall–Kier alpha value is -2.25. The Balaban J connectivity index is 1.58. The summed E-state index contributed by atoms with van der Waals surface area (Å²) in [5, 5.41) is 5.25. The van der Waals surface area contributed by atoms with Crippen molar-refractivity contribution in [2.24, 2.45) is 0 Å². The molecule has 2 aromatic rings. The standard InChI is InChI=1S/C18H19N3O3S/c22-15(20-17-19-7-10-25-17)11-18(5-8-24-9-6-18)21-12-13-3-1-2-4-14(13)16(21)23/h1-4,7,10H,5-6,8-9,11-12H2,(H,19,20,22). The Kier molecular flexibility index (Phi) is 4.27. The number of thiazole rings is 1. The molecule has 4 rings (SSSR count). The highest BCUT2D eigenvalue weighted by atomic mass is 32.1. The molecule has 3 heterocycles. The van der Waals surface area contributed by atoms with E-state index in [1.165, 1.54) is 11.3 Å². The average Bonchev–Trinajstić information content (AvgIpc) is 3.24. The van der Waals surface area contributed by atoms with E-state index in [9.17, 15) is 9.59 Å². The first kappa shape index (κ1) is 16.2. The Bertz CT molecular complexity index is 785. The maximum Gasteiger partial charge on any atom is 0.254 e. The molecular formula is C18H19N3O3S. The zero-order valence-electron chi connectivity index (χ0n) is 13.7. The maximum absolute atomic E-state index is 12.9. The quantitative estimate of drug-likeness (QED) is 0.913. The van der Waals surface area contributed by atoms with E-state index in [4.69, 9.17) is 4.74 Å². The number of hydrogen-bond donors (Lipinski definition) is 1. The van der Waals surface area contributed by atoms with Crippen molar-refractivity contribution in [3.63, 3.8) is 0 Å². The molecule has 0 bridgehead atoms. The van der Waals surface area contributed by atoms with Gasteiger partial charge in [-0.1, -0.05) is 18.2 Å². The van der Waals surface area contributed by atoms with E-state index in [-0.39, 0.29) is 18.2 Å². The van der Waals surface area contributed by atoms with Crippen LogP contribution in [0.2, 0.25) is 0 Å². The number of carbonyl (C=O) groups is 2. The molecule has 1 fully saturated rings. The van der Waals surface area contributed by atoms with Gasteiger partial charge in [-0.15, -0.1) is 11.3 Å². The number of ether oxygens (including phenoxy) is 1. The number of amides is 2. The lowest BCUT2D eigenvalue weighted by Crippen LogP contribution is -2.54. The van der Waals surface area contributed by atoms with Gasteiger partial charge in [0.15, 0.2) is 5.13 Å². The third kappa shape index (κ3) is 3.05. The maximum atomic E-state index is 12.9. The number of nitrogens with zero attached hydrogens (tertiary/aromatic N) is 2. The fraction of sp³-hybridized carbons (Fsp3) is 0.389. The molecule has 2 aliphatic heterocycles. The second kappa shape index (κ2) is 6.57. The number of hydrogen-bond acceptors (Lipinski definition) is 5. The first-order valence-corrected chi connectivity index (χ1v) is 9.23. The monoisotopic (exact) mass is 357 g/mol. The Morgan fingerprint density at radius 1 is 1.32 bits per heavy atom. The van der Waals surface area contributed by atoms with Gasteiger partial charge in [-0.25, -0.2) is 4.98 Å². The van der Waals surface area contributed by atoms with E-state index < -0.39 is 5.54 Å². The second-order valence-corrected chi connectivity index (χ2v) is 7.34. The van der Waals surface area contributed by atoms with Crippen LogP contribution in [0.15, 0.2) is 35.8 Å². The lowest BCUT2D eigenvalue weighted by molar-refractivity contribution is -0.120. The van der Waals surface area contributed by atoms with Gasteiger partial charge in [0.05, 0.1) is 12.0 Å². The molecule has 0 saturated carbocycles. The molecule has 25 heavy (non-hydrogen) atoms. The SMILES string of the molecule is O=C(CC1(N2Cc3ccccc3C2=O)CCOCC1)Nc1nccs1. The van der Waals surface area contributed by atoms with Crippen molar-refractivity contribution in [2.75, 3.05) is 18.5 Å². The molecule has 0 aliphatic carbocycles. The Morgan fingerprint density at radius 2 is 2.12 bits per heavy atom. The molecular weight excluding hydrogens is 338 g/mol. The largest absolute Gasteiger partial charge is 0.381 e. The molecule has 0 unspecified atom stereocenters. The van der Waals surface area contributed by atoms with Crippen LogP contribution in [0, 0.1) is 0 Å². The lowest BCUT2D eigenvalue weighted by Gasteiger charge is -2.44. The van der Waals surface area contributed by atoms with Crippen molar-refractivity contribution >= 4 is 28.3 Å². The minimum Gasteiger partial charge on any atom is -0.381 e. The molecule has 130 valence electrons. The molecule has 7 heteroatoms. The van der Waals surface area contributed by atoms with Gasteiger partial charge >= 0.3 is 0 Å². The van der Waals surface area contributed by atoms with Gasteiger partial charge in [0, 0.05) is 36.9 Å². The van der Waals surface area contributed by atoms with E-state index in [2.05, 4.69) is 10.3 Å². The van der Waals surface area contributed by atoms with E-state index >= 15 is 0 Å². The summed E-state index contributed by atoms with van der Waals surface area (Å²) in [5.41, 5.74) is 1.27. The fourth-order valence-electron chi connectivity index (χ4n) is 3.68. The molecule has 2 aliphatic rings. The van der Waals surface area contributed by atoms with Crippen LogP contribution in [-0.4, -0.2) is 40.5 Å². The number of carbonyl (C=O) groups excluding carboxylic acids is 2. The van der Waals surface area contributed by atoms with Crippen LogP contribution >= 0.6 is 11.3 Å². The highest BCUT2D eigenvalue weighted by molar-refractivity contribution is 7.13. The van der Waals surface area contributed by atoms with E-state index in [1.807, 2.05) is 34.5 Å². The van der Waals surface area contributed by atoms with Crippen LogP contribution in [0.3, 0.4) is 0 Å². The van der Waals surface area contributed by atoms with Gasteiger partial charge in [0.1, 0.15) is 0 Å². The van der Waals surface area contributed by atoms with E-state index in [0.29, 0.717) is 37.7 Å². The molecule has 2 amide bonds. The number of aromatic nitrogens is 1. The molecule has 1 N–H and O–H groups in total. The molecule has 6 nitrogen and oxygen atoms in total. The van der Waals surface area contributed by atoms with Crippen LogP contribution < -0.4 is 5.32 Å². The number of anilines is 1. The molecule has 0 radical (unpaired) electrons. The normalized spacial score (nSPS) is 18.9. The summed E-state index contributed by atoms with van der Waals surface area (Å²) in [7, 11) is 0. The average molecular weight is 357 g/mol. The van der Waals surface area contributed by atoms with Crippen molar-refractivity contribution in [3.8, 4) is 0 Å². The van der Waals surface area contributed by atoms with Crippen molar-refractivity contribution in [3.05, 3.63) is 47.0 Å². The topological polar surface area (TPSA) is 71.5 Å².